The Morgan fingerprint density at radius 3 is 2.57 bits per heavy atom. The van der Waals surface area contributed by atoms with Crippen molar-refractivity contribution in [2.45, 2.75) is 19.3 Å². The third-order valence-electron chi connectivity index (χ3n) is 2.35. The number of halogens is 1. The molecule has 0 aliphatic carbocycles. The zero-order chi connectivity index (χ0) is 9.10. The molecule has 0 radical (unpaired) electrons. The van der Waals surface area contributed by atoms with Crippen LogP contribution in [0.5, 0.6) is 5.88 Å². The van der Waals surface area contributed by atoms with Crippen molar-refractivity contribution in [2.75, 3.05) is 18.0 Å². The molecule has 0 unspecified atom stereocenters. The third kappa shape index (κ3) is 2.48. The minimum atomic E-state index is 0. The fourth-order valence-electron chi connectivity index (χ4n) is 1.67. The molecule has 2 heterocycles. The Hall–Kier alpha value is -1.03. The number of aromatic hydroxyl groups is 1. The van der Waals surface area contributed by atoms with Gasteiger partial charge in [0.05, 0.1) is 11.9 Å². The summed E-state index contributed by atoms with van der Waals surface area (Å²) in [5.74, 6) is 0.00285. The molecule has 0 aromatic carbocycles. The summed E-state index contributed by atoms with van der Waals surface area (Å²) in [7, 11) is 0. The van der Waals surface area contributed by atoms with Gasteiger partial charge in [-0.05, 0) is 19.3 Å². The van der Waals surface area contributed by atoms with Crippen LogP contribution in [0.2, 0.25) is 0 Å². The van der Waals surface area contributed by atoms with Gasteiger partial charge in [-0.15, -0.1) is 17.5 Å². The molecule has 0 saturated carbocycles. The number of piperidine rings is 1. The van der Waals surface area contributed by atoms with Crippen molar-refractivity contribution >= 4 is 18.1 Å². The summed E-state index contributed by atoms with van der Waals surface area (Å²) >= 11 is 0. The fraction of sp³-hybridized carbons (Fsp3) is 0.556. The summed E-state index contributed by atoms with van der Waals surface area (Å²) in [5.41, 5.74) is 0.979. The lowest BCUT2D eigenvalue weighted by Crippen LogP contribution is -2.29. The Morgan fingerprint density at radius 1 is 1.21 bits per heavy atom. The molecule has 1 aliphatic rings. The predicted molar refractivity (Wildman–Crippen MR) is 57.0 cm³/mol. The number of hydrogen-bond donors (Lipinski definition) is 1. The van der Waals surface area contributed by atoms with Gasteiger partial charge in [0.25, 0.3) is 0 Å². The first-order valence-electron chi connectivity index (χ1n) is 4.63. The second kappa shape index (κ2) is 5.00. The summed E-state index contributed by atoms with van der Waals surface area (Å²) < 4.78 is 0. The van der Waals surface area contributed by atoms with Gasteiger partial charge in [-0.25, -0.2) is 0 Å². The van der Waals surface area contributed by atoms with Crippen LogP contribution in [0, 0.1) is 0 Å². The van der Waals surface area contributed by atoms with E-state index in [1.165, 1.54) is 19.3 Å². The molecule has 5 heteroatoms. The van der Waals surface area contributed by atoms with Crippen LogP contribution in [-0.2, 0) is 0 Å². The van der Waals surface area contributed by atoms with E-state index in [0.29, 0.717) is 0 Å². The van der Waals surface area contributed by atoms with E-state index in [1.807, 2.05) is 0 Å². The van der Waals surface area contributed by atoms with Gasteiger partial charge >= 0.3 is 0 Å². The molecule has 0 atom stereocenters. The molecule has 1 aliphatic heterocycles. The van der Waals surface area contributed by atoms with Crippen LogP contribution >= 0.6 is 12.4 Å². The smallest absolute Gasteiger partial charge is 0.233 e. The molecule has 4 nitrogen and oxygen atoms in total. The van der Waals surface area contributed by atoms with Gasteiger partial charge in [0.1, 0.15) is 0 Å². The summed E-state index contributed by atoms with van der Waals surface area (Å²) in [6.07, 6.45) is 5.46. The van der Waals surface area contributed by atoms with E-state index in [2.05, 4.69) is 15.1 Å². The third-order valence-corrected chi connectivity index (χ3v) is 2.35. The van der Waals surface area contributed by atoms with E-state index in [0.717, 1.165) is 18.8 Å². The molecule has 2 rings (SSSR count). The van der Waals surface area contributed by atoms with Gasteiger partial charge in [-0.3, -0.25) is 0 Å². The summed E-state index contributed by atoms with van der Waals surface area (Å²) in [5, 5.41) is 16.4. The average Bonchev–Trinajstić information content (AvgIpc) is 2.19. The van der Waals surface area contributed by atoms with Gasteiger partial charge in [-0.2, -0.15) is 5.10 Å². The lowest BCUT2D eigenvalue weighted by Gasteiger charge is -2.28. The molecular formula is C9H14ClN3O. The van der Waals surface area contributed by atoms with Crippen LogP contribution in [0.25, 0.3) is 0 Å². The standard InChI is InChI=1S/C9H13N3O.ClH/c13-9-6-8(7-10-11-9)12-4-2-1-3-5-12;/h6-7H,1-5H2,(H,11,13);1H. The highest BCUT2D eigenvalue weighted by molar-refractivity contribution is 5.85. The molecule has 1 saturated heterocycles. The van der Waals surface area contributed by atoms with Crippen LogP contribution < -0.4 is 4.90 Å². The number of anilines is 1. The van der Waals surface area contributed by atoms with E-state index in [-0.39, 0.29) is 18.3 Å². The highest BCUT2D eigenvalue weighted by Crippen LogP contribution is 2.20. The van der Waals surface area contributed by atoms with E-state index in [1.54, 1.807) is 12.3 Å². The Morgan fingerprint density at radius 2 is 1.93 bits per heavy atom. The van der Waals surface area contributed by atoms with E-state index in [4.69, 9.17) is 5.11 Å². The normalized spacial score (nSPS) is 16.1. The highest BCUT2D eigenvalue weighted by atomic mass is 35.5. The Balaban J connectivity index is 0.000000980. The second-order valence-corrected chi connectivity index (χ2v) is 3.32. The van der Waals surface area contributed by atoms with Crippen molar-refractivity contribution in [1.82, 2.24) is 10.2 Å². The molecule has 0 bridgehead atoms. The number of nitrogens with zero attached hydrogens (tertiary/aromatic N) is 3. The molecule has 1 aromatic rings. The zero-order valence-electron chi connectivity index (χ0n) is 7.89. The maximum Gasteiger partial charge on any atom is 0.233 e. The minimum Gasteiger partial charge on any atom is -0.492 e. The molecule has 14 heavy (non-hydrogen) atoms. The molecular weight excluding hydrogens is 202 g/mol. The van der Waals surface area contributed by atoms with Crippen molar-refractivity contribution in [1.29, 1.82) is 0 Å². The first kappa shape index (κ1) is 11.0. The average molecular weight is 216 g/mol. The van der Waals surface area contributed by atoms with Crippen LogP contribution in [0.3, 0.4) is 0 Å². The molecule has 0 spiro atoms. The van der Waals surface area contributed by atoms with Gasteiger partial charge < -0.3 is 10.0 Å². The first-order chi connectivity index (χ1) is 6.36. The Bertz CT molecular complexity index is 289. The van der Waals surface area contributed by atoms with Gasteiger partial charge in [-0.1, -0.05) is 0 Å². The Kier molecular flexibility index (Phi) is 3.95. The molecule has 78 valence electrons. The molecule has 1 fully saturated rings. The first-order valence-corrected chi connectivity index (χ1v) is 4.63. The number of aromatic nitrogens is 2. The predicted octanol–water partition coefficient (Wildman–Crippen LogP) is 1.59. The summed E-state index contributed by atoms with van der Waals surface area (Å²) in [6, 6.07) is 1.66. The second-order valence-electron chi connectivity index (χ2n) is 3.32. The van der Waals surface area contributed by atoms with Crippen LogP contribution in [0.15, 0.2) is 12.3 Å². The lowest BCUT2D eigenvalue weighted by molar-refractivity contribution is 0.444. The van der Waals surface area contributed by atoms with Crippen molar-refractivity contribution in [2.24, 2.45) is 0 Å². The van der Waals surface area contributed by atoms with E-state index < -0.39 is 0 Å². The van der Waals surface area contributed by atoms with Crippen molar-refractivity contribution in [3.05, 3.63) is 12.3 Å². The highest BCUT2D eigenvalue weighted by Gasteiger charge is 2.11. The maximum atomic E-state index is 9.14. The monoisotopic (exact) mass is 215 g/mol. The lowest BCUT2D eigenvalue weighted by atomic mass is 10.1. The molecule has 1 N–H and O–H groups in total. The fourth-order valence-corrected chi connectivity index (χ4v) is 1.67. The van der Waals surface area contributed by atoms with Crippen molar-refractivity contribution < 1.29 is 5.11 Å². The molecule has 1 aromatic heterocycles. The van der Waals surface area contributed by atoms with Crippen molar-refractivity contribution in [3.8, 4) is 5.88 Å². The number of rotatable bonds is 1. The van der Waals surface area contributed by atoms with Gasteiger partial charge in [0.15, 0.2) is 0 Å². The maximum absolute atomic E-state index is 9.14. The minimum absolute atomic E-state index is 0. The van der Waals surface area contributed by atoms with Crippen LogP contribution in [-0.4, -0.2) is 28.4 Å². The topological polar surface area (TPSA) is 49.2 Å². The summed E-state index contributed by atoms with van der Waals surface area (Å²) in [6.45, 7) is 2.12. The SMILES string of the molecule is Cl.Oc1cc(N2CCCCC2)cnn1. The molecule has 0 amide bonds. The van der Waals surface area contributed by atoms with Crippen LogP contribution in [0.4, 0.5) is 5.69 Å². The Labute approximate surface area is 89.4 Å². The largest absolute Gasteiger partial charge is 0.492 e. The number of hydrogen-bond acceptors (Lipinski definition) is 4. The van der Waals surface area contributed by atoms with E-state index in [9.17, 15) is 0 Å². The quantitative estimate of drug-likeness (QED) is 0.773. The van der Waals surface area contributed by atoms with Gasteiger partial charge in [0.2, 0.25) is 5.88 Å². The van der Waals surface area contributed by atoms with Gasteiger partial charge in [0, 0.05) is 19.2 Å². The van der Waals surface area contributed by atoms with Crippen LogP contribution in [0.1, 0.15) is 19.3 Å². The zero-order valence-corrected chi connectivity index (χ0v) is 8.70. The summed E-state index contributed by atoms with van der Waals surface area (Å²) in [4.78, 5) is 2.23. The van der Waals surface area contributed by atoms with Crippen molar-refractivity contribution in [3.63, 3.8) is 0 Å². The van der Waals surface area contributed by atoms with E-state index >= 15 is 0 Å².